The summed E-state index contributed by atoms with van der Waals surface area (Å²) in [6.07, 6.45) is 2.41. The molecule has 0 unspecified atom stereocenters. The first-order valence-corrected chi connectivity index (χ1v) is 7.92. The monoisotopic (exact) mass is 336 g/mol. The standard InChI is InChI=1S/C20H17FN2O2/c21-16-6-10-19(11-7-16)25-18-8-4-15(5-9-18)20(24)23-14-12-17-3-1-2-13-22-17/h1-11,13H,12,14H2,(H,23,24). The van der Waals surface area contributed by atoms with Crippen LogP contribution in [0.25, 0.3) is 0 Å². The van der Waals surface area contributed by atoms with Gasteiger partial charge < -0.3 is 10.1 Å². The molecular weight excluding hydrogens is 319 g/mol. The summed E-state index contributed by atoms with van der Waals surface area (Å²) in [5.41, 5.74) is 1.48. The smallest absolute Gasteiger partial charge is 0.251 e. The Kier molecular flexibility index (Phi) is 5.36. The first kappa shape index (κ1) is 16.6. The van der Waals surface area contributed by atoms with Crippen LogP contribution in [-0.2, 0) is 6.42 Å². The lowest BCUT2D eigenvalue weighted by Crippen LogP contribution is -2.25. The molecular formula is C20H17FN2O2. The summed E-state index contributed by atoms with van der Waals surface area (Å²) in [6, 6.07) is 18.3. The summed E-state index contributed by atoms with van der Waals surface area (Å²) in [5.74, 6) is 0.653. The van der Waals surface area contributed by atoms with Crippen LogP contribution in [0.2, 0.25) is 0 Å². The zero-order valence-electron chi connectivity index (χ0n) is 13.5. The van der Waals surface area contributed by atoms with Gasteiger partial charge in [0.1, 0.15) is 17.3 Å². The highest BCUT2D eigenvalue weighted by atomic mass is 19.1. The van der Waals surface area contributed by atoms with Crippen molar-refractivity contribution in [2.45, 2.75) is 6.42 Å². The molecule has 0 saturated carbocycles. The van der Waals surface area contributed by atoms with Crippen molar-refractivity contribution in [3.8, 4) is 11.5 Å². The third-order valence-electron chi connectivity index (χ3n) is 3.56. The molecule has 0 bridgehead atoms. The molecule has 1 aromatic heterocycles. The molecule has 5 heteroatoms. The van der Waals surface area contributed by atoms with Crippen LogP contribution in [0.3, 0.4) is 0 Å². The van der Waals surface area contributed by atoms with Gasteiger partial charge in [0, 0.05) is 30.4 Å². The first-order valence-electron chi connectivity index (χ1n) is 7.92. The summed E-state index contributed by atoms with van der Waals surface area (Å²) in [4.78, 5) is 16.3. The Morgan fingerprint density at radius 1 is 0.960 bits per heavy atom. The van der Waals surface area contributed by atoms with Crippen LogP contribution in [0.15, 0.2) is 72.9 Å². The molecule has 1 N–H and O–H groups in total. The van der Waals surface area contributed by atoms with Gasteiger partial charge in [-0.2, -0.15) is 0 Å². The van der Waals surface area contributed by atoms with Gasteiger partial charge in [-0.1, -0.05) is 6.07 Å². The van der Waals surface area contributed by atoms with Gasteiger partial charge in [0.25, 0.3) is 5.91 Å². The topological polar surface area (TPSA) is 51.2 Å². The van der Waals surface area contributed by atoms with Gasteiger partial charge in [-0.15, -0.1) is 0 Å². The third kappa shape index (κ3) is 4.88. The van der Waals surface area contributed by atoms with E-state index in [1.807, 2.05) is 18.2 Å². The largest absolute Gasteiger partial charge is 0.457 e. The van der Waals surface area contributed by atoms with Crippen molar-refractivity contribution in [2.24, 2.45) is 0 Å². The fraction of sp³-hybridized carbons (Fsp3) is 0.100. The maximum atomic E-state index is 12.9. The molecule has 4 nitrogen and oxygen atoms in total. The number of aromatic nitrogens is 1. The lowest BCUT2D eigenvalue weighted by Gasteiger charge is -2.08. The van der Waals surface area contributed by atoms with E-state index >= 15 is 0 Å². The molecule has 0 saturated heterocycles. The number of pyridine rings is 1. The van der Waals surface area contributed by atoms with E-state index in [4.69, 9.17) is 4.74 Å². The number of ether oxygens (including phenoxy) is 1. The molecule has 2 aromatic carbocycles. The van der Waals surface area contributed by atoms with Crippen LogP contribution in [0.5, 0.6) is 11.5 Å². The number of nitrogens with one attached hydrogen (secondary N) is 1. The van der Waals surface area contributed by atoms with Gasteiger partial charge >= 0.3 is 0 Å². The van der Waals surface area contributed by atoms with Crippen molar-refractivity contribution in [1.82, 2.24) is 10.3 Å². The fourth-order valence-corrected chi connectivity index (χ4v) is 2.27. The zero-order chi connectivity index (χ0) is 17.5. The average Bonchev–Trinajstić information content (AvgIpc) is 2.65. The van der Waals surface area contributed by atoms with E-state index in [2.05, 4.69) is 10.3 Å². The van der Waals surface area contributed by atoms with Crippen LogP contribution in [0.1, 0.15) is 16.1 Å². The van der Waals surface area contributed by atoms with Crippen molar-refractivity contribution in [3.63, 3.8) is 0 Å². The zero-order valence-corrected chi connectivity index (χ0v) is 13.5. The van der Waals surface area contributed by atoms with Crippen LogP contribution in [0, 0.1) is 5.82 Å². The van der Waals surface area contributed by atoms with Crippen molar-refractivity contribution in [1.29, 1.82) is 0 Å². The minimum absolute atomic E-state index is 0.149. The van der Waals surface area contributed by atoms with E-state index in [1.165, 1.54) is 12.1 Å². The molecule has 126 valence electrons. The van der Waals surface area contributed by atoms with Gasteiger partial charge in [-0.25, -0.2) is 4.39 Å². The van der Waals surface area contributed by atoms with Crippen LogP contribution in [-0.4, -0.2) is 17.4 Å². The van der Waals surface area contributed by atoms with Crippen molar-refractivity contribution < 1.29 is 13.9 Å². The predicted molar refractivity (Wildman–Crippen MR) is 93.2 cm³/mol. The lowest BCUT2D eigenvalue weighted by molar-refractivity contribution is 0.0954. The van der Waals surface area contributed by atoms with Crippen molar-refractivity contribution in [3.05, 3.63) is 90.0 Å². The van der Waals surface area contributed by atoms with Crippen molar-refractivity contribution >= 4 is 5.91 Å². The first-order chi connectivity index (χ1) is 12.2. The second-order valence-electron chi connectivity index (χ2n) is 5.41. The fourth-order valence-electron chi connectivity index (χ4n) is 2.27. The van der Waals surface area contributed by atoms with Gasteiger partial charge in [0.05, 0.1) is 0 Å². The number of benzene rings is 2. The van der Waals surface area contributed by atoms with E-state index < -0.39 is 0 Å². The van der Waals surface area contributed by atoms with Gasteiger partial charge in [-0.3, -0.25) is 9.78 Å². The van der Waals surface area contributed by atoms with Crippen LogP contribution in [0.4, 0.5) is 4.39 Å². The highest BCUT2D eigenvalue weighted by Crippen LogP contribution is 2.21. The predicted octanol–water partition coefficient (Wildman–Crippen LogP) is 3.99. The van der Waals surface area contributed by atoms with Gasteiger partial charge in [0.15, 0.2) is 0 Å². The SMILES string of the molecule is O=C(NCCc1ccccn1)c1ccc(Oc2ccc(F)cc2)cc1. The Morgan fingerprint density at radius 2 is 1.64 bits per heavy atom. The number of hydrogen-bond acceptors (Lipinski definition) is 3. The highest BCUT2D eigenvalue weighted by Gasteiger charge is 2.06. The van der Waals surface area contributed by atoms with Crippen LogP contribution < -0.4 is 10.1 Å². The molecule has 25 heavy (non-hydrogen) atoms. The number of halogens is 1. The lowest BCUT2D eigenvalue weighted by atomic mass is 10.2. The molecule has 1 heterocycles. The van der Waals surface area contributed by atoms with Gasteiger partial charge in [-0.05, 0) is 60.7 Å². The molecule has 0 spiro atoms. The second kappa shape index (κ2) is 8.06. The molecule has 0 radical (unpaired) electrons. The minimum Gasteiger partial charge on any atom is -0.457 e. The highest BCUT2D eigenvalue weighted by molar-refractivity contribution is 5.94. The Hall–Kier alpha value is -3.21. The van der Waals surface area contributed by atoms with E-state index in [9.17, 15) is 9.18 Å². The maximum absolute atomic E-state index is 12.9. The minimum atomic E-state index is -0.315. The number of carbonyl (C=O) groups is 1. The van der Waals surface area contributed by atoms with E-state index in [0.29, 0.717) is 30.0 Å². The molecule has 0 aliphatic rings. The Morgan fingerprint density at radius 3 is 2.28 bits per heavy atom. The van der Waals surface area contributed by atoms with E-state index in [0.717, 1.165) is 5.69 Å². The van der Waals surface area contributed by atoms with E-state index in [1.54, 1.807) is 42.6 Å². The number of rotatable bonds is 6. The number of carbonyl (C=O) groups excluding carboxylic acids is 1. The second-order valence-corrected chi connectivity index (χ2v) is 5.41. The number of hydrogen-bond donors (Lipinski definition) is 1. The van der Waals surface area contributed by atoms with Crippen molar-refractivity contribution in [2.75, 3.05) is 6.54 Å². The molecule has 0 atom stereocenters. The molecule has 0 aliphatic heterocycles. The normalized spacial score (nSPS) is 10.3. The number of nitrogens with zero attached hydrogens (tertiary/aromatic N) is 1. The Labute approximate surface area is 145 Å². The third-order valence-corrected chi connectivity index (χ3v) is 3.56. The summed E-state index contributed by atoms with van der Waals surface area (Å²) >= 11 is 0. The number of amides is 1. The van der Waals surface area contributed by atoms with E-state index in [-0.39, 0.29) is 11.7 Å². The van der Waals surface area contributed by atoms with Gasteiger partial charge in [0.2, 0.25) is 0 Å². The molecule has 3 rings (SSSR count). The maximum Gasteiger partial charge on any atom is 0.251 e. The summed E-state index contributed by atoms with van der Waals surface area (Å²) in [6.45, 7) is 0.518. The van der Waals surface area contributed by atoms with Crippen LogP contribution >= 0.6 is 0 Å². The Balaban J connectivity index is 1.52. The summed E-state index contributed by atoms with van der Waals surface area (Å²) in [7, 11) is 0. The molecule has 0 fully saturated rings. The average molecular weight is 336 g/mol. The quantitative estimate of drug-likeness (QED) is 0.740. The summed E-state index contributed by atoms with van der Waals surface area (Å²) in [5, 5.41) is 2.86. The molecule has 1 amide bonds. The summed E-state index contributed by atoms with van der Waals surface area (Å²) < 4.78 is 18.5. The molecule has 3 aromatic rings. The Bertz CT molecular complexity index is 819. The molecule has 0 aliphatic carbocycles.